The molecule has 1 aromatic carbocycles. The number of benzene rings is 1. The highest BCUT2D eigenvalue weighted by Gasteiger charge is 2.12. The summed E-state index contributed by atoms with van der Waals surface area (Å²) in [5, 5.41) is 3.90. The molecule has 1 N–H and O–H groups in total. The van der Waals surface area contributed by atoms with Gasteiger partial charge in [0.2, 0.25) is 0 Å². The number of carbonyl (C=O) groups excluding carboxylic acids is 1. The highest BCUT2D eigenvalue weighted by Crippen LogP contribution is 2.21. The molecule has 2 rings (SSSR count). The van der Waals surface area contributed by atoms with Crippen LogP contribution in [0.15, 0.2) is 52.2 Å². The van der Waals surface area contributed by atoms with Gasteiger partial charge in [-0.05, 0) is 28.7 Å². The van der Waals surface area contributed by atoms with Crippen LogP contribution in [0.2, 0.25) is 0 Å². The maximum absolute atomic E-state index is 11.6. The van der Waals surface area contributed by atoms with Gasteiger partial charge in [0.25, 0.3) is 0 Å². The van der Waals surface area contributed by atoms with Gasteiger partial charge in [0.05, 0.1) is 12.5 Å². The summed E-state index contributed by atoms with van der Waals surface area (Å²) in [5.41, 5.74) is 4.73. The van der Waals surface area contributed by atoms with E-state index in [1.807, 2.05) is 12.1 Å². The van der Waals surface area contributed by atoms with Crippen LogP contribution < -0.4 is 5.43 Å². The maximum Gasteiger partial charge on any atom is 0.307 e. The van der Waals surface area contributed by atoms with Crippen LogP contribution in [0.4, 0.5) is 0 Å². The minimum atomic E-state index is -0.363. The van der Waals surface area contributed by atoms with Gasteiger partial charge in [-0.2, -0.15) is 5.10 Å². The van der Waals surface area contributed by atoms with Gasteiger partial charge in [0.1, 0.15) is 0 Å². The van der Waals surface area contributed by atoms with Crippen LogP contribution in [0.5, 0.6) is 0 Å². The molecular formula is C16H18N2O2. The van der Waals surface area contributed by atoms with Gasteiger partial charge in [0, 0.05) is 0 Å². The molecule has 2 aromatic rings. The van der Waals surface area contributed by atoms with Gasteiger partial charge in [0.15, 0.2) is 5.76 Å². The zero-order valence-electron chi connectivity index (χ0n) is 11.9. The van der Waals surface area contributed by atoms with E-state index in [2.05, 4.69) is 43.4 Å². The molecule has 0 aliphatic rings. The molecule has 1 heterocycles. The van der Waals surface area contributed by atoms with E-state index >= 15 is 0 Å². The molecule has 104 valence electrons. The van der Waals surface area contributed by atoms with Crippen LogP contribution in [-0.2, 0) is 5.41 Å². The molecule has 0 aliphatic carbocycles. The molecule has 0 bridgehead atoms. The average molecular weight is 270 g/mol. The fourth-order valence-corrected chi connectivity index (χ4v) is 1.70. The van der Waals surface area contributed by atoms with E-state index < -0.39 is 0 Å². The fourth-order valence-electron chi connectivity index (χ4n) is 1.70. The van der Waals surface area contributed by atoms with E-state index in [4.69, 9.17) is 4.42 Å². The van der Waals surface area contributed by atoms with Crippen molar-refractivity contribution in [1.82, 2.24) is 5.43 Å². The Hall–Kier alpha value is -2.36. The molecule has 0 atom stereocenters. The molecule has 4 nitrogen and oxygen atoms in total. The van der Waals surface area contributed by atoms with Crippen molar-refractivity contribution in [2.24, 2.45) is 5.10 Å². The van der Waals surface area contributed by atoms with Crippen molar-refractivity contribution in [3.05, 3.63) is 59.5 Å². The van der Waals surface area contributed by atoms with Gasteiger partial charge in [-0.25, -0.2) is 5.43 Å². The summed E-state index contributed by atoms with van der Waals surface area (Å²) in [6.45, 7) is 6.50. The highest BCUT2D eigenvalue weighted by molar-refractivity contribution is 5.92. The third-order valence-corrected chi connectivity index (χ3v) is 2.90. The summed E-state index contributed by atoms with van der Waals surface area (Å²) < 4.78 is 4.97. The summed E-state index contributed by atoms with van der Waals surface area (Å²) >= 11 is 0. The SMILES string of the molecule is CC(C)(C)c1ccc(/C=N\NC(=O)c2ccco2)cc1. The molecule has 1 amide bonds. The van der Waals surface area contributed by atoms with Crippen LogP contribution in [0, 0.1) is 0 Å². The Morgan fingerprint density at radius 3 is 2.45 bits per heavy atom. The Labute approximate surface area is 118 Å². The number of hydrogen-bond acceptors (Lipinski definition) is 3. The molecule has 0 aliphatic heterocycles. The maximum atomic E-state index is 11.6. The molecule has 4 heteroatoms. The van der Waals surface area contributed by atoms with Crippen LogP contribution in [0.3, 0.4) is 0 Å². The number of amides is 1. The first kappa shape index (κ1) is 14.1. The van der Waals surface area contributed by atoms with Crippen LogP contribution >= 0.6 is 0 Å². The monoisotopic (exact) mass is 270 g/mol. The zero-order chi connectivity index (χ0) is 14.6. The first-order chi connectivity index (χ1) is 9.47. The Balaban J connectivity index is 1.97. The normalized spacial score (nSPS) is 11.8. The predicted molar refractivity (Wildman–Crippen MR) is 78.9 cm³/mol. The van der Waals surface area contributed by atoms with Crippen molar-refractivity contribution in [2.75, 3.05) is 0 Å². The molecule has 20 heavy (non-hydrogen) atoms. The third-order valence-electron chi connectivity index (χ3n) is 2.90. The second kappa shape index (κ2) is 5.74. The second-order valence-corrected chi connectivity index (χ2v) is 5.55. The van der Waals surface area contributed by atoms with E-state index in [0.29, 0.717) is 0 Å². The van der Waals surface area contributed by atoms with Crippen LogP contribution in [0.1, 0.15) is 42.5 Å². The van der Waals surface area contributed by atoms with E-state index in [9.17, 15) is 4.79 Å². The first-order valence-electron chi connectivity index (χ1n) is 6.44. The van der Waals surface area contributed by atoms with Gasteiger partial charge in [-0.15, -0.1) is 0 Å². The topological polar surface area (TPSA) is 54.6 Å². The number of hydrogen-bond donors (Lipinski definition) is 1. The summed E-state index contributed by atoms with van der Waals surface area (Å²) in [6, 6.07) is 11.3. The highest BCUT2D eigenvalue weighted by atomic mass is 16.3. The van der Waals surface area contributed by atoms with E-state index in [-0.39, 0.29) is 17.1 Å². The lowest BCUT2D eigenvalue weighted by Gasteiger charge is -2.18. The lowest BCUT2D eigenvalue weighted by atomic mass is 9.87. The summed E-state index contributed by atoms with van der Waals surface area (Å²) in [6.07, 6.45) is 3.05. The quantitative estimate of drug-likeness (QED) is 0.687. The Kier molecular flexibility index (Phi) is 4.03. The second-order valence-electron chi connectivity index (χ2n) is 5.55. The van der Waals surface area contributed by atoms with Crippen molar-refractivity contribution in [2.45, 2.75) is 26.2 Å². The summed E-state index contributed by atoms with van der Waals surface area (Å²) in [7, 11) is 0. The van der Waals surface area contributed by atoms with Crippen molar-refractivity contribution in [1.29, 1.82) is 0 Å². The van der Waals surface area contributed by atoms with E-state index in [0.717, 1.165) is 5.56 Å². The first-order valence-corrected chi connectivity index (χ1v) is 6.44. The fraction of sp³-hybridized carbons (Fsp3) is 0.250. The smallest absolute Gasteiger partial charge is 0.307 e. The van der Waals surface area contributed by atoms with E-state index in [1.54, 1.807) is 18.3 Å². The Morgan fingerprint density at radius 2 is 1.90 bits per heavy atom. The van der Waals surface area contributed by atoms with Gasteiger partial charge in [-0.1, -0.05) is 45.0 Å². The third kappa shape index (κ3) is 3.57. The number of carbonyl (C=O) groups is 1. The number of furan rings is 1. The Morgan fingerprint density at radius 1 is 1.20 bits per heavy atom. The van der Waals surface area contributed by atoms with Crippen LogP contribution in [0.25, 0.3) is 0 Å². The number of nitrogens with zero attached hydrogens (tertiary/aromatic N) is 1. The lowest BCUT2D eigenvalue weighted by Crippen LogP contribution is -2.16. The standard InChI is InChI=1S/C16H18N2O2/c1-16(2,3)13-8-6-12(7-9-13)11-17-18-15(19)14-5-4-10-20-14/h4-11H,1-3H3,(H,18,19)/b17-11-. The molecule has 0 spiro atoms. The molecule has 0 saturated heterocycles. The molecule has 0 saturated carbocycles. The van der Waals surface area contributed by atoms with Gasteiger partial charge < -0.3 is 4.42 Å². The summed E-state index contributed by atoms with van der Waals surface area (Å²) in [4.78, 5) is 11.6. The van der Waals surface area contributed by atoms with Crippen molar-refractivity contribution in [3.63, 3.8) is 0 Å². The minimum Gasteiger partial charge on any atom is -0.459 e. The molecule has 1 aromatic heterocycles. The zero-order valence-corrected chi connectivity index (χ0v) is 11.9. The van der Waals surface area contributed by atoms with Crippen LogP contribution in [-0.4, -0.2) is 12.1 Å². The lowest BCUT2D eigenvalue weighted by molar-refractivity contribution is 0.0927. The molecule has 0 radical (unpaired) electrons. The number of hydrazone groups is 1. The summed E-state index contributed by atoms with van der Waals surface area (Å²) in [5.74, 6) is -0.122. The predicted octanol–water partition coefficient (Wildman–Crippen LogP) is 3.34. The van der Waals surface area contributed by atoms with Gasteiger partial charge >= 0.3 is 5.91 Å². The van der Waals surface area contributed by atoms with Crippen molar-refractivity contribution < 1.29 is 9.21 Å². The molecule has 0 fully saturated rings. The van der Waals surface area contributed by atoms with Crippen molar-refractivity contribution in [3.8, 4) is 0 Å². The largest absolute Gasteiger partial charge is 0.459 e. The number of rotatable bonds is 3. The van der Waals surface area contributed by atoms with Crippen molar-refractivity contribution >= 4 is 12.1 Å². The number of nitrogens with one attached hydrogen (secondary N) is 1. The average Bonchev–Trinajstić information content (AvgIpc) is 2.92. The minimum absolute atomic E-state index is 0.128. The molecule has 0 unspecified atom stereocenters. The van der Waals surface area contributed by atoms with E-state index in [1.165, 1.54) is 11.8 Å². The molecular weight excluding hydrogens is 252 g/mol. The van der Waals surface area contributed by atoms with Gasteiger partial charge in [-0.3, -0.25) is 4.79 Å². The Bertz CT molecular complexity index is 590.